The molecule has 1 aromatic rings. The molecule has 2 rings (SSSR count). The number of hydrogen-bond acceptors (Lipinski definition) is 2. The maximum absolute atomic E-state index is 11.1. The molecule has 3 unspecified atom stereocenters. The van der Waals surface area contributed by atoms with Gasteiger partial charge in [-0.2, -0.15) is 5.10 Å². The highest BCUT2D eigenvalue weighted by Crippen LogP contribution is 2.46. The van der Waals surface area contributed by atoms with Crippen molar-refractivity contribution in [2.24, 2.45) is 11.8 Å². The summed E-state index contributed by atoms with van der Waals surface area (Å²) in [5.74, 6) is 0.891. The van der Waals surface area contributed by atoms with Crippen molar-refractivity contribution in [1.29, 1.82) is 0 Å². The summed E-state index contributed by atoms with van der Waals surface area (Å²) in [6.45, 7) is 8.49. The fraction of sp³-hybridized carbons (Fsp3) is 0.786. The van der Waals surface area contributed by atoms with Crippen LogP contribution in [0.5, 0.6) is 0 Å². The summed E-state index contributed by atoms with van der Waals surface area (Å²) in [6.07, 6.45) is 4.50. The molecule has 1 heterocycles. The van der Waals surface area contributed by atoms with Gasteiger partial charge in [0.25, 0.3) is 0 Å². The monoisotopic (exact) mass is 270 g/mol. The lowest BCUT2D eigenvalue weighted by Gasteiger charge is -2.41. The van der Waals surface area contributed by atoms with Gasteiger partial charge < -0.3 is 5.11 Å². The third-order valence-corrected chi connectivity index (χ3v) is 4.52. The van der Waals surface area contributed by atoms with Crippen molar-refractivity contribution in [2.75, 3.05) is 0 Å². The van der Waals surface area contributed by atoms with E-state index in [4.69, 9.17) is 11.6 Å². The third kappa shape index (κ3) is 2.19. The molecule has 0 amide bonds. The van der Waals surface area contributed by atoms with Gasteiger partial charge in [0.15, 0.2) is 0 Å². The van der Waals surface area contributed by atoms with E-state index in [1.54, 1.807) is 6.20 Å². The third-order valence-electron chi connectivity index (χ3n) is 4.24. The van der Waals surface area contributed by atoms with E-state index < -0.39 is 5.60 Å². The molecule has 0 aromatic carbocycles. The van der Waals surface area contributed by atoms with Gasteiger partial charge >= 0.3 is 0 Å². The van der Waals surface area contributed by atoms with Crippen LogP contribution < -0.4 is 0 Å². The van der Waals surface area contributed by atoms with Crippen LogP contribution in [0.1, 0.15) is 58.7 Å². The van der Waals surface area contributed by atoms with E-state index in [1.807, 2.05) is 4.68 Å². The molecule has 1 aromatic heterocycles. The molecule has 0 bridgehead atoms. The molecule has 3 nitrogen and oxygen atoms in total. The highest BCUT2D eigenvalue weighted by atomic mass is 35.5. The summed E-state index contributed by atoms with van der Waals surface area (Å²) in [5, 5.41) is 16.0. The second-order valence-corrected chi connectivity index (χ2v) is 6.49. The molecule has 1 aliphatic rings. The standard InChI is InChI=1S/C14H23ClN2O/c1-9(2)17-13(12(15)8-16-17)14(18)6-5-10(3)7-11(14)4/h8-11,18H,5-7H2,1-4H3. The molecule has 1 aliphatic carbocycles. The average Bonchev–Trinajstić information content (AvgIpc) is 2.67. The van der Waals surface area contributed by atoms with Crippen molar-refractivity contribution < 1.29 is 5.11 Å². The Labute approximate surface area is 114 Å². The van der Waals surface area contributed by atoms with E-state index in [0.717, 1.165) is 25.0 Å². The molecule has 0 spiro atoms. The van der Waals surface area contributed by atoms with Gasteiger partial charge in [-0.25, -0.2) is 0 Å². The van der Waals surface area contributed by atoms with Crippen molar-refractivity contribution >= 4 is 11.6 Å². The molecule has 0 radical (unpaired) electrons. The molecular formula is C14H23ClN2O. The van der Waals surface area contributed by atoms with E-state index in [9.17, 15) is 5.11 Å². The SMILES string of the molecule is CC1CCC(O)(c2c(Cl)cnn2C(C)C)C(C)C1. The molecule has 1 N–H and O–H groups in total. The highest BCUT2D eigenvalue weighted by molar-refractivity contribution is 6.31. The lowest BCUT2D eigenvalue weighted by molar-refractivity contribution is -0.0660. The van der Waals surface area contributed by atoms with E-state index in [-0.39, 0.29) is 12.0 Å². The largest absolute Gasteiger partial charge is 0.383 e. The van der Waals surface area contributed by atoms with Gasteiger partial charge in [-0.1, -0.05) is 25.4 Å². The van der Waals surface area contributed by atoms with Crippen LogP contribution in [0, 0.1) is 11.8 Å². The number of aromatic nitrogens is 2. The van der Waals surface area contributed by atoms with Crippen molar-refractivity contribution in [2.45, 2.75) is 58.6 Å². The Morgan fingerprint density at radius 2 is 2.17 bits per heavy atom. The first-order valence-corrected chi connectivity index (χ1v) is 7.20. The topological polar surface area (TPSA) is 38.1 Å². The maximum Gasteiger partial charge on any atom is 0.110 e. The minimum absolute atomic E-state index is 0.211. The van der Waals surface area contributed by atoms with Crippen LogP contribution in [0.3, 0.4) is 0 Å². The smallest absolute Gasteiger partial charge is 0.110 e. The molecule has 0 saturated heterocycles. The first-order chi connectivity index (χ1) is 8.36. The van der Waals surface area contributed by atoms with E-state index in [0.29, 0.717) is 10.9 Å². The zero-order chi connectivity index (χ0) is 13.5. The summed E-state index contributed by atoms with van der Waals surface area (Å²) < 4.78 is 1.87. The highest BCUT2D eigenvalue weighted by Gasteiger charge is 2.43. The van der Waals surface area contributed by atoms with Crippen molar-refractivity contribution in [3.8, 4) is 0 Å². The predicted molar refractivity (Wildman–Crippen MR) is 73.7 cm³/mol. The number of halogens is 1. The van der Waals surface area contributed by atoms with Gasteiger partial charge in [-0.15, -0.1) is 0 Å². The molecule has 4 heteroatoms. The van der Waals surface area contributed by atoms with E-state index in [1.165, 1.54) is 0 Å². The van der Waals surface area contributed by atoms with Gasteiger partial charge in [0.1, 0.15) is 5.60 Å². The minimum Gasteiger partial charge on any atom is -0.383 e. The van der Waals surface area contributed by atoms with Crippen LogP contribution in [0.2, 0.25) is 5.02 Å². The van der Waals surface area contributed by atoms with Crippen LogP contribution in [-0.2, 0) is 5.60 Å². The summed E-state index contributed by atoms with van der Waals surface area (Å²) >= 11 is 6.27. The average molecular weight is 271 g/mol. The Balaban J connectivity index is 2.43. The second kappa shape index (κ2) is 4.86. The molecule has 3 atom stereocenters. The lowest BCUT2D eigenvalue weighted by Crippen LogP contribution is -2.41. The number of nitrogens with zero attached hydrogens (tertiary/aromatic N) is 2. The van der Waals surface area contributed by atoms with Crippen molar-refractivity contribution in [3.63, 3.8) is 0 Å². The Hall–Kier alpha value is -0.540. The molecule has 0 aliphatic heterocycles. The number of aliphatic hydroxyl groups is 1. The van der Waals surface area contributed by atoms with Gasteiger partial charge in [-0.05, 0) is 44.9 Å². The lowest BCUT2D eigenvalue weighted by atomic mass is 9.70. The van der Waals surface area contributed by atoms with Crippen molar-refractivity contribution in [1.82, 2.24) is 9.78 Å². The Morgan fingerprint density at radius 3 is 2.72 bits per heavy atom. The fourth-order valence-corrected chi connectivity index (χ4v) is 3.41. The Kier molecular flexibility index (Phi) is 3.75. The van der Waals surface area contributed by atoms with Gasteiger partial charge in [-0.3, -0.25) is 4.68 Å². The normalized spacial score (nSPS) is 33.1. The van der Waals surface area contributed by atoms with Gasteiger partial charge in [0.05, 0.1) is 16.9 Å². The van der Waals surface area contributed by atoms with Crippen LogP contribution in [0.4, 0.5) is 0 Å². The van der Waals surface area contributed by atoms with E-state index in [2.05, 4.69) is 32.8 Å². The molecule has 18 heavy (non-hydrogen) atoms. The fourth-order valence-electron chi connectivity index (χ4n) is 3.12. The molecule has 102 valence electrons. The van der Waals surface area contributed by atoms with Crippen LogP contribution >= 0.6 is 11.6 Å². The van der Waals surface area contributed by atoms with Crippen LogP contribution in [-0.4, -0.2) is 14.9 Å². The van der Waals surface area contributed by atoms with Crippen molar-refractivity contribution in [3.05, 3.63) is 16.9 Å². The van der Waals surface area contributed by atoms with E-state index >= 15 is 0 Å². The molecular weight excluding hydrogens is 248 g/mol. The summed E-state index contributed by atoms with van der Waals surface area (Å²) in [6, 6.07) is 0.211. The maximum atomic E-state index is 11.1. The van der Waals surface area contributed by atoms with Gasteiger partial charge in [0.2, 0.25) is 0 Å². The zero-order valence-electron chi connectivity index (χ0n) is 11.7. The molecule has 1 fully saturated rings. The zero-order valence-corrected chi connectivity index (χ0v) is 12.4. The summed E-state index contributed by atoms with van der Waals surface area (Å²) in [7, 11) is 0. The quantitative estimate of drug-likeness (QED) is 0.889. The summed E-state index contributed by atoms with van der Waals surface area (Å²) in [4.78, 5) is 0. The predicted octanol–water partition coefficient (Wildman–Crippen LogP) is 3.76. The van der Waals surface area contributed by atoms with Crippen LogP contribution in [0.25, 0.3) is 0 Å². The first kappa shape index (κ1) is 13.9. The summed E-state index contributed by atoms with van der Waals surface area (Å²) in [5.41, 5.74) is -0.0248. The second-order valence-electron chi connectivity index (χ2n) is 6.08. The van der Waals surface area contributed by atoms with Crippen LogP contribution in [0.15, 0.2) is 6.20 Å². The Bertz CT molecular complexity index is 429. The first-order valence-electron chi connectivity index (χ1n) is 6.82. The Morgan fingerprint density at radius 1 is 1.50 bits per heavy atom. The minimum atomic E-state index is -0.829. The number of rotatable bonds is 2. The van der Waals surface area contributed by atoms with Gasteiger partial charge in [0, 0.05) is 6.04 Å². The number of hydrogen-bond donors (Lipinski definition) is 1. The molecule has 1 saturated carbocycles.